The van der Waals surface area contributed by atoms with Gasteiger partial charge in [-0.1, -0.05) is 19.1 Å². The Morgan fingerprint density at radius 3 is 2.00 bits per heavy atom. The third kappa shape index (κ3) is 4.14. The Kier molecular flexibility index (Phi) is 4.28. The number of hydrogen-bond acceptors (Lipinski definition) is 2. The molecule has 0 aromatic heterocycles. The number of ether oxygens (including phenoxy) is 1. The summed E-state index contributed by atoms with van der Waals surface area (Å²) in [4.78, 5) is 11.8. The van der Waals surface area contributed by atoms with Crippen LogP contribution in [0.3, 0.4) is 0 Å². The van der Waals surface area contributed by atoms with Crippen LogP contribution in [0.5, 0.6) is 0 Å². The minimum absolute atomic E-state index is 0.158. The van der Waals surface area contributed by atoms with Crippen molar-refractivity contribution in [2.45, 2.75) is 19.5 Å². The van der Waals surface area contributed by atoms with Crippen LogP contribution >= 0.6 is 0 Å². The molecule has 0 heterocycles. The quantitative estimate of drug-likeness (QED) is 0.730. The summed E-state index contributed by atoms with van der Waals surface area (Å²) in [7, 11) is 0. The molecule has 2 nitrogen and oxygen atoms in total. The van der Waals surface area contributed by atoms with Crippen molar-refractivity contribution < 1.29 is 35.9 Å². The molecule has 0 amide bonds. The van der Waals surface area contributed by atoms with Crippen LogP contribution in [0.25, 0.3) is 5.57 Å². The fraction of sp³-hybridized carbons (Fsp3) is 0.267. The number of alkyl halides is 6. The lowest BCUT2D eigenvalue weighted by Crippen LogP contribution is -2.19. The number of rotatable bonds is 2. The maximum atomic E-state index is 12.5. The SMILES string of the molecule is CC1C(=O)C=C(OC(F)(F)F)C=C1c1ccc(C(F)(F)F)cc1. The molecule has 23 heavy (non-hydrogen) atoms. The number of hydrogen-bond donors (Lipinski definition) is 0. The highest BCUT2D eigenvalue weighted by atomic mass is 19.4. The highest BCUT2D eigenvalue weighted by Gasteiger charge is 2.34. The van der Waals surface area contributed by atoms with Gasteiger partial charge in [-0.05, 0) is 29.3 Å². The molecule has 1 aromatic rings. The molecule has 0 N–H and O–H groups in total. The minimum Gasteiger partial charge on any atom is -0.406 e. The molecular weight excluding hydrogens is 326 g/mol. The molecule has 1 aliphatic carbocycles. The number of carbonyl (C=O) groups excluding carboxylic acids is 1. The molecule has 8 heteroatoms. The molecule has 124 valence electrons. The summed E-state index contributed by atoms with van der Waals surface area (Å²) >= 11 is 0. The number of ketones is 1. The molecule has 0 saturated carbocycles. The zero-order chi connectivity index (χ0) is 17.4. The maximum absolute atomic E-state index is 12.5. The predicted molar refractivity (Wildman–Crippen MR) is 68.8 cm³/mol. The van der Waals surface area contributed by atoms with Crippen LogP contribution in [-0.2, 0) is 15.7 Å². The van der Waals surface area contributed by atoms with Crippen molar-refractivity contribution >= 4 is 11.4 Å². The predicted octanol–water partition coefficient (Wildman–Crippen LogP) is 4.73. The highest BCUT2D eigenvalue weighted by Crippen LogP contribution is 2.35. The van der Waals surface area contributed by atoms with Crippen molar-refractivity contribution in [1.82, 2.24) is 0 Å². The van der Waals surface area contributed by atoms with Crippen molar-refractivity contribution in [2.75, 3.05) is 0 Å². The van der Waals surface area contributed by atoms with Crippen LogP contribution in [0.2, 0.25) is 0 Å². The number of halogens is 6. The van der Waals surface area contributed by atoms with E-state index in [1.165, 1.54) is 6.92 Å². The van der Waals surface area contributed by atoms with Gasteiger partial charge in [-0.3, -0.25) is 4.79 Å². The molecule has 0 aliphatic heterocycles. The van der Waals surface area contributed by atoms with E-state index in [1.807, 2.05) is 0 Å². The number of carbonyl (C=O) groups is 1. The summed E-state index contributed by atoms with van der Waals surface area (Å²) in [6.45, 7) is 1.45. The molecule has 0 spiro atoms. The first-order valence-corrected chi connectivity index (χ1v) is 6.38. The molecule has 0 radical (unpaired) electrons. The lowest BCUT2D eigenvalue weighted by Gasteiger charge is -2.21. The summed E-state index contributed by atoms with van der Waals surface area (Å²) < 4.78 is 78.0. The van der Waals surface area contributed by atoms with Crippen LogP contribution in [0.15, 0.2) is 42.2 Å². The van der Waals surface area contributed by atoms with E-state index in [1.54, 1.807) is 0 Å². The van der Waals surface area contributed by atoms with Gasteiger partial charge in [-0.2, -0.15) is 13.2 Å². The van der Waals surface area contributed by atoms with Crippen LogP contribution < -0.4 is 0 Å². The average Bonchev–Trinajstić information content (AvgIpc) is 2.40. The molecule has 2 rings (SSSR count). The fourth-order valence-corrected chi connectivity index (χ4v) is 2.12. The van der Waals surface area contributed by atoms with E-state index in [2.05, 4.69) is 4.74 Å². The van der Waals surface area contributed by atoms with E-state index in [4.69, 9.17) is 0 Å². The van der Waals surface area contributed by atoms with E-state index < -0.39 is 35.6 Å². The van der Waals surface area contributed by atoms with E-state index in [0.29, 0.717) is 6.08 Å². The van der Waals surface area contributed by atoms with Crippen molar-refractivity contribution in [3.63, 3.8) is 0 Å². The Bertz CT molecular complexity index is 665. The van der Waals surface area contributed by atoms with Crippen molar-refractivity contribution in [1.29, 1.82) is 0 Å². The largest absolute Gasteiger partial charge is 0.573 e. The van der Waals surface area contributed by atoms with E-state index >= 15 is 0 Å². The van der Waals surface area contributed by atoms with Crippen molar-refractivity contribution in [3.05, 3.63) is 53.3 Å². The van der Waals surface area contributed by atoms with Gasteiger partial charge in [0.25, 0.3) is 0 Å². The minimum atomic E-state index is -4.96. The maximum Gasteiger partial charge on any atom is 0.573 e. The van der Waals surface area contributed by atoms with Gasteiger partial charge in [0.1, 0.15) is 5.76 Å². The van der Waals surface area contributed by atoms with Gasteiger partial charge >= 0.3 is 12.5 Å². The highest BCUT2D eigenvalue weighted by molar-refractivity contribution is 6.03. The Labute approximate surface area is 127 Å². The van der Waals surface area contributed by atoms with E-state index in [0.717, 1.165) is 30.3 Å². The van der Waals surface area contributed by atoms with E-state index in [-0.39, 0.29) is 11.1 Å². The Morgan fingerprint density at radius 1 is 0.957 bits per heavy atom. The summed E-state index contributed by atoms with van der Waals surface area (Å²) in [6.07, 6.45) is -7.77. The zero-order valence-corrected chi connectivity index (χ0v) is 11.6. The summed E-state index contributed by atoms with van der Waals surface area (Å²) in [5.74, 6) is -2.11. The topological polar surface area (TPSA) is 26.3 Å². The lowest BCUT2D eigenvalue weighted by molar-refractivity contribution is -0.303. The summed E-state index contributed by atoms with van der Waals surface area (Å²) in [5, 5.41) is 0. The smallest absolute Gasteiger partial charge is 0.406 e. The van der Waals surface area contributed by atoms with Crippen LogP contribution in [-0.4, -0.2) is 12.1 Å². The Morgan fingerprint density at radius 2 is 1.52 bits per heavy atom. The van der Waals surface area contributed by atoms with Gasteiger partial charge in [0, 0.05) is 12.0 Å². The molecule has 1 unspecified atom stereocenters. The Hall–Kier alpha value is -2.25. The zero-order valence-electron chi connectivity index (χ0n) is 11.6. The normalized spacial score (nSPS) is 19.3. The second-order valence-corrected chi connectivity index (χ2v) is 4.89. The number of allylic oxidation sites excluding steroid dienone is 3. The summed E-state index contributed by atoms with van der Waals surface area (Å²) in [5.41, 5.74) is -0.514. The van der Waals surface area contributed by atoms with E-state index in [9.17, 15) is 31.1 Å². The molecule has 1 atom stereocenters. The van der Waals surface area contributed by atoms with Crippen LogP contribution in [0.1, 0.15) is 18.1 Å². The third-order valence-corrected chi connectivity index (χ3v) is 3.25. The molecule has 0 bridgehead atoms. The monoisotopic (exact) mass is 336 g/mol. The molecular formula is C15H10F6O2. The fourth-order valence-electron chi connectivity index (χ4n) is 2.12. The molecule has 1 aromatic carbocycles. The first-order valence-electron chi connectivity index (χ1n) is 6.38. The van der Waals surface area contributed by atoms with Crippen LogP contribution in [0, 0.1) is 5.92 Å². The van der Waals surface area contributed by atoms with Gasteiger partial charge < -0.3 is 4.74 Å². The van der Waals surface area contributed by atoms with Gasteiger partial charge in [0.05, 0.1) is 5.56 Å². The van der Waals surface area contributed by atoms with Crippen molar-refractivity contribution in [2.24, 2.45) is 5.92 Å². The molecule has 0 saturated heterocycles. The first kappa shape index (κ1) is 17.1. The molecule has 1 aliphatic rings. The van der Waals surface area contributed by atoms with Crippen molar-refractivity contribution in [3.8, 4) is 0 Å². The van der Waals surface area contributed by atoms with Gasteiger partial charge in [-0.25, -0.2) is 0 Å². The Balaban J connectivity index is 2.36. The average molecular weight is 336 g/mol. The standard InChI is InChI=1S/C15H10F6O2/c1-8-12(6-11(7-13(8)22)23-15(19,20)21)9-2-4-10(5-3-9)14(16,17)18/h2-8H,1H3. The first-order chi connectivity index (χ1) is 10.5. The third-order valence-electron chi connectivity index (χ3n) is 3.25. The van der Waals surface area contributed by atoms with Gasteiger partial charge in [-0.15, -0.1) is 13.2 Å². The second-order valence-electron chi connectivity index (χ2n) is 4.89. The molecule has 0 fully saturated rings. The summed E-state index contributed by atoms with van der Waals surface area (Å²) in [6, 6.07) is 3.82. The van der Waals surface area contributed by atoms with Crippen LogP contribution in [0.4, 0.5) is 26.3 Å². The lowest BCUT2D eigenvalue weighted by atomic mass is 9.86. The van der Waals surface area contributed by atoms with Gasteiger partial charge in [0.15, 0.2) is 5.78 Å². The number of benzene rings is 1. The van der Waals surface area contributed by atoms with Gasteiger partial charge in [0.2, 0.25) is 0 Å². The second kappa shape index (κ2) is 5.75.